The average molecular weight is 257 g/mol. The van der Waals surface area contributed by atoms with E-state index in [2.05, 4.69) is 0 Å². The van der Waals surface area contributed by atoms with Crippen LogP contribution in [-0.4, -0.2) is 28.9 Å². The van der Waals surface area contributed by atoms with Crippen molar-refractivity contribution in [3.63, 3.8) is 0 Å². The molecule has 0 radical (unpaired) electrons. The molecule has 1 rings (SSSR count). The third-order valence-electron chi connectivity index (χ3n) is 3.02. The number of carbonyl (C=O) groups is 2. The van der Waals surface area contributed by atoms with Crippen molar-refractivity contribution in [3.05, 3.63) is 35.4 Å². The lowest BCUT2D eigenvalue weighted by atomic mass is 9.89. The number of benzene rings is 1. The molecule has 1 aromatic rings. The molecule has 0 aromatic heterocycles. The summed E-state index contributed by atoms with van der Waals surface area (Å²) in [5.74, 6) is -3.75. The molecule has 0 fully saturated rings. The van der Waals surface area contributed by atoms with Crippen molar-refractivity contribution in [2.45, 2.75) is 19.4 Å². The summed E-state index contributed by atoms with van der Waals surface area (Å²) in [5.41, 5.74) is -2.15. The summed E-state index contributed by atoms with van der Waals surface area (Å²) in [5, 5.41) is 9.24. The van der Waals surface area contributed by atoms with E-state index in [9.17, 15) is 23.5 Å². The highest BCUT2D eigenvalue weighted by Crippen LogP contribution is 2.30. The molecule has 4 nitrogen and oxygen atoms in total. The standard InChI is InChI=1S/C12H13F2NO3/c1-7(16)15(3)12(2,11(17)18)9-5-4-8(13)6-10(9)14/h4-6H,1-3H3,(H,17,18). The molecule has 0 saturated heterocycles. The first-order valence-corrected chi connectivity index (χ1v) is 5.14. The highest BCUT2D eigenvalue weighted by molar-refractivity contribution is 5.86. The quantitative estimate of drug-likeness (QED) is 0.897. The lowest BCUT2D eigenvalue weighted by Gasteiger charge is -2.35. The zero-order valence-electron chi connectivity index (χ0n) is 10.2. The van der Waals surface area contributed by atoms with Crippen molar-refractivity contribution in [1.82, 2.24) is 4.90 Å². The normalized spacial score (nSPS) is 13.8. The fourth-order valence-corrected chi connectivity index (χ4v) is 1.64. The van der Waals surface area contributed by atoms with Gasteiger partial charge in [0.25, 0.3) is 0 Å². The summed E-state index contributed by atoms with van der Waals surface area (Å²) in [7, 11) is 1.25. The molecule has 0 heterocycles. The number of hydrogen-bond acceptors (Lipinski definition) is 2. The van der Waals surface area contributed by atoms with E-state index in [1.54, 1.807) is 0 Å². The highest BCUT2D eigenvalue weighted by Gasteiger charge is 2.43. The van der Waals surface area contributed by atoms with Crippen molar-refractivity contribution in [1.29, 1.82) is 0 Å². The van der Waals surface area contributed by atoms with Gasteiger partial charge in [-0.2, -0.15) is 0 Å². The second-order valence-corrected chi connectivity index (χ2v) is 4.08. The van der Waals surface area contributed by atoms with E-state index < -0.39 is 29.0 Å². The molecule has 0 saturated carbocycles. The summed E-state index contributed by atoms with van der Waals surface area (Å²) in [6.45, 7) is 2.36. The van der Waals surface area contributed by atoms with Gasteiger partial charge in [0.1, 0.15) is 11.6 Å². The van der Waals surface area contributed by atoms with Crippen LogP contribution >= 0.6 is 0 Å². The number of nitrogens with zero attached hydrogens (tertiary/aromatic N) is 1. The maximum atomic E-state index is 13.7. The lowest BCUT2D eigenvalue weighted by molar-refractivity contribution is -0.156. The molecule has 1 N–H and O–H groups in total. The van der Waals surface area contributed by atoms with E-state index in [0.29, 0.717) is 6.07 Å². The molecule has 0 aliphatic carbocycles. The Morgan fingerprint density at radius 1 is 1.33 bits per heavy atom. The van der Waals surface area contributed by atoms with E-state index in [0.717, 1.165) is 17.0 Å². The van der Waals surface area contributed by atoms with Crippen molar-refractivity contribution in [2.75, 3.05) is 7.05 Å². The number of amides is 1. The summed E-state index contributed by atoms with van der Waals surface area (Å²) in [4.78, 5) is 23.6. The van der Waals surface area contributed by atoms with E-state index in [-0.39, 0.29) is 5.56 Å². The molecule has 18 heavy (non-hydrogen) atoms. The first-order valence-electron chi connectivity index (χ1n) is 5.14. The van der Waals surface area contributed by atoms with E-state index in [4.69, 9.17) is 0 Å². The highest BCUT2D eigenvalue weighted by atomic mass is 19.1. The van der Waals surface area contributed by atoms with Crippen LogP contribution in [0.3, 0.4) is 0 Å². The van der Waals surface area contributed by atoms with Gasteiger partial charge in [0.15, 0.2) is 5.54 Å². The minimum atomic E-state index is -1.89. The van der Waals surface area contributed by atoms with Crippen LogP contribution in [0.4, 0.5) is 8.78 Å². The van der Waals surface area contributed by atoms with Gasteiger partial charge in [0.05, 0.1) is 0 Å². The van der Waals surface area contributed by atoms with Crippen molar-refractivity contribution >= 4 is 11.9 Å². The monoisotopic (exact) mass is 257 g/mol. The Balaban J connectivity index is 3.45. The van der Waals surface area contributed by atoms with Gasteiger partial charge in [-0.05, 0) is 13.0 Å². The van der Waals surface area contributed by atoms with Crippen LogP contribution in [0.1, 0.15) is 19.4 Å². The molecule has 1 atom stereocenters. The molecule has 98 valence electrons. The molecule has 6 heteroatoms. The first kappa shape index (κ1) is 14.1. The summed E-state index contributed by atoms with van der Waals surface area (Å²) in [6.07, 6.45) is 0. The predicted octanol–water partition coefficient (Wildman–Crippen LogP) is 1.74. The third-order valence-corrected chi connectivity index (χ3v) is 3.02. The Hall–Kier alpha value is -1.98. The van der Waals surface area contributed by atoms with Crippen LogP contribution in [0, 0.1) is 11.6 Å². The number of rotatable bonds is 3. The summed E-state index contributed by atoms with van der Waals surface area (Å²) < 4.78 is 26.5. The van der Waals surface area contributed by atoms with Gasteiger partial charge in [-0.25, -0.2) is 13.6 Å². The Bertz CT molecular complexity index is 504. The largest absolute Gasteiger partial charge is 0.479 e. The third kappa shape index (κ3) is 2.18. The van der Waals surface area contributed by atoms with Crippen molar-refractivity contribution < 1.29 is 23.5 Å². The van der Waals surface area contributed by atoms with E-state index in [1.165, 1.54) is 20.9 Å². The van der Waals surface area contributed by atoms with Gasteiger partial charge in [-0.15, -0.1) is 0 Å². The van der Waals surface area contributed by atoms with Gasteiger partial charge in [0.2, 0.25) is 5.91 Å². The van der Waals surface area contributed by atoms with Gasteiger partial charge in [-0.3, -0.25) is 4.79 Å². The maximum absolute atomic E-state index is 13.7. The molecule has 1 amide bonds. The first-order chi connectivity index (χ1) is 8.21. The van der Waals surface area contributed by atoms with Gasteiger partial charge < -0.3 is 10.0 Å². The van der Waals surface area contributed by atoms with Crippen LogP contribution in [0.15, 0.2) is 18.2 Å². The van der Waals surface area contributed by atoms with E-state index in [1.807, 2.05) is 0 Å². The number of hydrogen-bond donors (Lipinski definition) is 1. The number of carboxylic acid groups (broad SMARTS) is 1. The van der Waals surface area contributed by atoms with Crippen LogP contribution in [-0.2, 0) is 15.1 Å². The van der Waals surface area contributed by atoms with Crippen LogP contribution in [0.5, 0.6) is 0 Å². The molecule has 0 aliphatic heterocycles. The van der Waals surface area contributed by atoms with E-state index >= 15 is 0 Å². The summed E-state index contributed by atoms with van der Waals surface area (Å²) in [6, 6.07) is 2.57. The number of likely N-dealkylation sites (N-methyl/N-ethyl adjacent to an activating group) is 1. The molecule has 1 unspecified atom stereocenters. The number of aliphatic carboxylic acids is 1. The predicted molar refractivity (Wildman–Crippen MR) is 59.8 cm³/mol. The number of carbonyl (C=O) groups excluding carboxylic acids is 1. The zero-order valence-corrected chi connectivity index (χ0v) is 10.2. The van der Waals surface area contributed by atoms with Gasteiger partial charge in [0, 0.05) is 25.6 Å². The topological polar surface area (TPSA) is 57.6 Å². The molecule has 0 aliphatic rings. The van der Waals surface area contributed by atoms with Crippen molar-refractivity contribution in [3.8, 4) is 0 Å². The maximum Gasteiger partial charge on any atom is 0.334 e. The fraction of sp³-hybridized carbons (Fsp3) is 0.333. The van der Waals surface area contributed by atoms with Crippen LogP contribution in [0.25, 0.3) is 0 Å². The lowest BCUT2D eigenvalue weighted by Crippen LogP contribution is -2.50. The van der Waals surface area contributed by atoms with Crippen LogP contribution in [0.2, 0.25) is 0 Å². The molecule has 1 aromatic carbocycles. The van der Waals surface area contributed by atoms with Crippen molar-refractivity contribution in [2.24, 2.45) is 0 Å². The number of carboxylic acids is 1. The summed E-state index contributed by atoms with van der Waals surface area (Å²) >= 11 is 0. The Morgan fingerprint density at radius 3 is 2.28 bits per heavy atom. The van der Waals surface area contributed by atoms with Crippen LogP contribution < -0.4 is 0 Å². The molecule has 0 spiro atoms. The Morgan fingerprint density at radius 2 is 1.89 bits per heavy atom. The second kappa shape index (κ2) is 4.72. The second-order valence-electron chi connectivity index (χ2n) is 4.08. The Kier molecular flexibility index (Phi) is 3.69. The molecule has 0 bridgehead atoms. The molecular weight excluding hydrogens is 244 g/mol. The number of halogens is 2. The molecular formula is C12H13F2NO3. The Labute approximate surface area is 103 Å². The zero-order chi connectivity index (χ0) is 14.1. The average Bonchev–Trinajstić information content (AvgIpc) is 2.26. The smallest absolute Gasteiger partial charge is 0.334 e. The fourth-order valence-electron chi connectivity index (χ4n) is 1.64. The SMILES string of the molecule is CC(=O)N(C)C(C)(C(=O)O)c1ccc(F)cc1F. The minimum absolute atomic E-state index is 0.269. The minimum Gasteiger partial charge on any atom is -0.479 e. The van der Waals surface area contributed by atoms with Gasteiger partial charge >= 0.3 is 5.97 Å². The van der Waals surface area contributed by atoms with Gasteiger partial charge in [-0.1, -0.05) is 6.07 Å².